The predicted octanol–water partition coefficient (Wildman–Crippen LogP) is 2.35. The minimum atomic E-state index is 0.0384. The third-order valence-corrected chi connectivity index (χ3v) is 5.95. The SMILES string of the molecule is Cn1cc([C@H]2CNC[C@@H]2C(=O)N2CCCC2CCc2ccccc2)cn1. The number of nitrogens with zero attached hydrogens (tertiary/aromatic N) is 3. The molecule has 0 saturated carbocycles. The summed E-state index contributed by atoms with van der Waals surface area (Å²) in [6.07, 6.45) is 8.33. The van der Waals surface area contributed by atoms with Gasteiger partial charge >= 0.3 is 0 Å². The third-order valence-electron chi connectivity index (χ3n) is 5.95. The van der Waals surface area contributed by atoms with Gasteiger partial charge in [-0.2, -0.15) is 5.10 Å². The Labute approximate surface area is 155 Å². The molecule has 2 saturated heterocycles. The van der Waals surface area contributed by atoms with E-state index in [9.17, 15) is 4.79 Å². The molecule has 2 aliphatic rings. The Bertz CT molecular complexity index is 741. The maximum atomic E-state index is 13.3. The van der Waals surface area contributed by atoms with Crippen molar-refractivity contribution < 1.29 is 4.79 Å². The van der Waals surface area contributed by atoms with Gasteiger partial charge in [0.05, 0.1) is 12.1 Å². The normalized spacial score (nSPS) is 25.7. The molecule has 5 nitrogen and oxygen atoms in total. The van der Waals surface area contributed by atoms with Crippen LogP contribution in [0.25, 0.3) is 0 Å². The number of amides is 1. The van der Waals surface area contributed by atoms with E-state index in [1.54, 1.807) is 0 Å². The van der Waals surface area contributed by atoms with Gasteiger partial charge in [-0.1, -0.05) is 30.3 Å². The second kappa shape index (κ2) is 7.62. The van der Waals surface area contributed by atoms with Gasteiger partial charge in [-0.25, -0.2) is 0 Å². The fraction of sp³-hybridized carbons (Fsp3) is 0.524. The lowest BCUT2D eigenvalue weighted by Gasteiger charge is -2.29. The van der Waals surface area contributed by atoms with Crippen LogP contribution >= 0.6 is 0 Å². The van der Waals surface area contributed by atoms with Crippen LogP contribution in [0.4, 0.5) is 0 Å². The van der Waals surface area contributed by atoms with Gasteiger partial charge < -0.3 is 10.2 Å². The molecule has 26 heavy (non-hydrogen) atoms. The van der Waals surface area contributed by atoms with Crippen LogP contribution in [0, 0.1) is 5.92 Å². The molecule has 1 aromatic carbocycles. The molecule has 1 amide bonds. The average Bonchev–Trinajstić information content (AvgIpc) is 3.40. The number of aryl methyl sites for hydroxylation is 2. The smallest absolute Gasteiger partial charge is 0.227 e. The molecule has 1 N–H and O–H groups in total. The molecule has 3 atom stereocenters. The monoisotopic (exact) mass is 352 g/mol. The van der Waals surface area contributed by atoms with E-state index in [4.69, 9.17) is 0 Å². The predicted molar refractivity (Wildman–Crippen MR) is 102 cm³/mol. The topological polar surface area (TPSA) is 50.2 Å². The van der Waals surface area contributed by atoms with Crippen LogP contribution in [0.15, 0.2) is 42.7 Å². The molecular formula is C21H28N4O. The summed E-state index contributed by atoms with van der Waals surface area (Å²) >= 11 is 0. The van der Waals surface area contributed by atoms with Crippen LogP contribution in [0.5, 0.6) is 0 Å². The zero-order valence-electron chi connectivity index (χ0n) is 15.5. The van der Waals surface area contributed by atoms with Crippen molar-refractivity contribution in [1.29, 1.82) is 0 Å². The van der Waals surface area contributed by atoms with Crippen molar-refractivity contribution in [3.8, 4) is 0 Å². The van der Waals surface area contributed by atoms with Crippen molar-refractivity contribution in [2.75, 3.05) is 19.6 Å². The van der Waals surface area contributed by atoms with Gasteiger partial charge in [-0.15, -0.1) is 0 Å². The van der Waals surface area contributed by atoms with Gasteiger partial charge in [-0.3, -0.25) is 9.48 Å². The highest BCUT2D eigenvalue weighted by molar-refractivity contribution is 5.81. The van der Waals surface area contributed by atoms with Gasteiger partial charge in [-0.05, 0) is 36.8 Å². The molecule has 5 heteroatoms. The van der Waals surface area contributed by atoms with Gasteiger partial charge in [0.15, 0.2) is 0 Å². The number of benzene rings is 1. The van der Waals surface area contributed by atoms with E-state index >= 15 is 0 Å². The fourth-order valence-electron chi connectivity index (χ4n) is 4.54. The van der Waals surface area contributed by atoms with Crippen LogP contribution in [0.3, 0.4) is 0 Å². The van der Waals surface area contributed by atoms with E-state index in [1.165, 1.54) is 11.1 Å². The zero-order chi connectivity index (χ0) is 17.9. The summed E-state index contributed by atoms with van der Waals surface area (Å²) < 4.78 is 1.83. The first-order valence-corrected chi connectivity index (χ1v) is 9.76. The number of likely N-dealkylation sites (tertiary alicyclic amines) is 1. The quantitative estimate of drug-likeness (QED) is 0.899. The molecule has 3 heterocycles. The summed E-state index contributed by atoms with van der Waals surface area (Å²) in [5.41, 5.74) is 2.54. The van der Waals surface area contributed by atoms with Gasteiger partial charge in [0.2, 0.25) is 5.91 Å². The first kappa shape index (κ1) is 17.3. The van der Waals surface area contributed by atoms with E-state index in [1.807, 2.05) is 17.9 Å². The molecule has 0 spiro atoms. The Hall–Kier alpha value is -2.14. The average molecular weight is 352 g/mol. The maximum absolute atomic E-state index is 13.3. The zero-order valence-corrected chi connectivity index (χ0v) is 15.5. The van der Waals surface area contributed by atoms with Crippen LogP contribution in [0.1, 0.15) is 36.3 Å². The molecule has 2 aromatic rings. The van der Waals surface area contributed by atoms with Crippen molar-refractivity contribution in [3.63, 3.8) is 0 Å². The van der Waals surface area contributed by atoms with Crippen molar-refractivity contribution in [1.82, 2.24) is 20.0 Å². The summed E-state index contributed by atoms with van der Waals surface area (Å²) in [4.78, 5) is 15.5. The summed E-state index contributed by atoms with van der Waals surface area (Å²) in [6.45, 7) is 2.56. The lowest BCUT2D eigenvalue weighted by atomic mass is 9.89. The lowest BCUT2D eigenvalue weighted by molar-refractivity contribution is -0.136. The maximum Gasteiger partial charge on any atom is 0.227 e. The Kier molecular flexibility index (Phi) is 5.07. The number of rotatable bonds is 5. The third kappa shape index (κ3) is 3.54. The summed E-state index contributed by atoms with van der Waals surface area (Å²) in [5.74, 6) is 0.613. The first-order chi connectivity index (χ1) is 12.7. The van der Waals surface area contributed by atoms with Gasteiger partial charge in [0.1, 0.15) is 0 Å². The van der Waals surface area contributed by atoms with Gasteiger partial charge in [0.25, 0.3) is 0 Å². The molecule has 0 radical (unpaired) electrons. The molecule has 1 aromatic heterocycles. The van der Waals surface area contributed by atoms with E-state index < -0.39 is 0 Å². The van der Waals surface area contributed by atoms with E-state index in [2.05, 4.69) is 51.8 Å². The summed E-state index contributed by atoms with van der Waals surface area (Å²) in [5, 5.41) is 7.72. The minimum Gasteiger partial charge on any atom is -0.339 e. The Morgan fingerprint density at radius 3 is 2.88 bits per heavy atom. The Morgan fingerprint density at radius 1 is 1.27 bits per heavy atom. The molecular weight excluding hydrogens is 324 g/mol. The lowest BCUT2D eigenvalue weighted by Crippen LogP contribution is -2.41. The van der Waals surface area contributed by atoms with Crippen molar-refractivity contribution in [2.45, 2.75) is 37.6 Å². The molecule has 4 rings (SSSR count). The molecule has 1 unspecified atom stereocenters. The fourth-order valence-corrected chi connectivity index (χ4v) is 4.54. The number of carbonyl (C=O) groups excluding carboxylic acids is 1. The number of carbonyl (C=O) groups is 1. The highest BCUT2D eigenvalue weighted by Crippen LogP contribution is 2.32. The van der Waals surface area contributed by atoms with Crippen LogP contribution in [-0.2, 0) is 18.3 Å². The van der Waals surface area contributed by atoms with Crippen molar-refractivity contribution in [2.24, 2.45) is 13.0 Å². The van der Waals surface area contributed by atoms with E-state index in [0.717, 1.165) is 45.3 Å². The highest BCUT2D eigenvalue weighted by atomic mass is 16.2. The van der Waals surface area contributed by atoms with E-state index in [0.29, 0.717) is 11.9 Å². The van der Waals surface area contributed by atoms with Crippen molar-refractivity contribution >= 4 is 5.91 Å². The second-order valence-electron chi connectivity index (χ2n) is 7.67. The Balaban J connectivity index is 1.42. The standard InChI is InChI=1S/C21H28N4O/c1-24-15-17(12-23-24)19-13-22-14-20(19)21(26)25-11-5-8-18(25)10-9-16-6-3-2-4-7-16/h2-4,6-7,12,15,18-20,22H,5,8-11,13-14H2,1H3/t18?,19-,20+/m1/s1. The summed E-state index contributed by atoms with van der Waals surface area (Å²) in [6, 6.07) is 11.0. The van der Waals surface area contributed by atoms with Crippen LogP contribution < -0.4 is 5.32 Å². The summed E-state index contributed by atoms with van der Waals surface area (Å²) in [7, 11) is 1.93. The molecule has 2 aliphatic heterocycles. The van der Waals surface area contributed by atoms with Crippen LogP contribution in [0.2, 0.25) is 0 Å². The number of aromatic nitrogens is 2. The van der Waals surface area contributed by atoms with Crippen molar-refractivity contribution in [3.05, 3.63) is 53.9 Å². The molecule has 2 fully saturated rings. The number of nitrogens with one attached hydrogen (secondary N) is 1. The molecule has 0 bridgehead atoms. The molecule has 0 aliphatic carbocycles. The largest absolute Gasteiger partial charge is 0.339 e. The van der Waals surface area contributed by atoms with E-state index in [-0.39, 0.29) is 11.8 Å². The van der Waals surface area contributed by atoms with Gasteiger partial charge in [0, 0.05) is 44.8 Å². The molecule has 138 valence electrons. The number of hydrogen-bond acceptors (Lipinski definition) is 3. The minimum absolute atomic E-state index is 0.0384. The van der Waals surface area contributed by atoms with Crippen LogP contribution in [-0.4, -0.2) is 46.3 Å². The first-order valence-electron chi connectivity index (χ1n) is 9.76. The highest BCUT2D eigenvalue weighted by Gasteiger charge is 2.40. The second-order valence-corrected chi connectivity index (χ2v) is 7.67. The number of hydrogen-bond donors (Lipinski definition) is 1. The Morgan fingerprint density at radius 2 is 2.12 bits per heavy atom.